The normalized spacial score (nSPS) is 17.6. The Hall–Kier alpha value is -1.59. The van der Waals surface area contributed by atoms with E-state index in [1.54, 1.807) is 24.3 Å². The zero-order valence-corrected chi connectivity index (χ0v) is 11.8. The van der Waals surface area contributed by atoms with E-state index >= 15 is 0 Å². The number of alkyl halides is 3. The van der Waals surface area contributed by atoms with Crippen molar-refractivity contribution in [3.05, 3.63) is 63.4 Å². The molecule has 2 aromatic rings. The van der Waals surface area contributed by atoms with Crippen molar-refractivity contribution in [3.8, 4) is 0 Å². The molecule has 1 atom stereocenters. The molecule has 2 heterocycles. The van der Waals surface area contributed by atoms with Gasteiger partial charge in [0.2, 0.25) is 0 Å². The van der Waals surface area contributed by atoms with Crippen molar-refractivity contribution in [3.63, 3.8) is 0 Å². The van der Waals surface area contributed by atoms with Crippen LogP contribution in [0, 0.1) is 0 Å². The summed E-state index contributed by atoms with van der Waals surface area (Å²) in [4.78, 5) is 8.02. The molecule has 21 heavy (non-hydrogen) atoms. The fourth-order valence-corrected chi connectivity index (χ4v) is 2.49. The summed E-state index contributed by atoms with van der Waals surface area (Å²) in [6, 6.07) is 7.53. The molecule has 2 nitrogen and oxygen atoms in total. The van der Waals surface area contributed by atoms with E-state index in [1.807, 2.05) is 0 Å². The lowest BCUT2D eigenvalue weighted by atomic mass is 10.1. The van der Waals surface area contributed by atoms with Gasteiger partial charge in [-0.05, 0) is 12.1 Å². The van der Waals surface area contributed by atoms with E-state index in [2.05, 4.69) is 9.98 Å². The van der Waals surface area contributed by atoms with Gasteiger partial charge in [0.15, 0.2) is 0 Å². The molecule has 0 fully saturated rings. The smallest absolute Gasteiger partial charge is 0.270 e. The third-order valence-electron chi connectivity index (χ3n) is 3.07. The highest BCUT2D eigenvalue weighted by molar-refractivity contribution is 6.36. The van der Waals surface area contributed by atoms with Gasteiger partial charge in [-0.2, -0.15) is 13.2 Å². The summed E-state index contributed by atoms with van der Waals surface area (Å²) in [6.07, 6.45) is -3.70. The van der Waals surface area contributed by atoms with Gasteiger partial charge in [0.05, 0.1) is 22.0 Å². The molecule has 0 bridgehead atoms. The minimum atomic E-state index is -4.47. The Morgan fingerprint density at radius 1 is 1.05 bits per heavy atom. The van der Waals surface area contributed by atoms with Crippen LogP contribution in [-0.4, -0.2) is 10.7 Å². The third kappa shape index (κ3) is 2.76. The van der Waals surface area contributed by atoms with E-state index in [4.69, 9.17) is 23.2 Å². The van der Waals surface area contributed by atoms with Gasteiger partial charge in [-0.3, -0.25) is 9.98 Å². The van der Waals surface area contributed by atoms with Crippen molar-refractivity contribution in [2.45, 2.75) is 12.2 Å². The number of benzene rings is 1. The lowest BCUT2D eigenvalue weighted by molar-refractivity contribution is -0.137. The number of hydrogen-bond donors (Lipinski definition) is 0. The molecular formula is C14H7Cl2F3N2. The summed E-state index contributed by atoms with van der Waals surface area (Å²) in [6.45, 7) is 0. The molecule has 0 amide bonds. The van der Waals surface area contributed by atoms with Gasteiger partial charge >= 0.3 is 6.18 Å². The number of rotatable bonds is 2. The maximum absolute atomic E-state index is 12.6. The quantitative estimate of drug-likeness (QED) is 0.764. The minimum absolute atomic E-state index is 0.0550. The van der Waals surface area contributed by atoms with E-state index in [-0.39, 0.29) is 5.02 Å². The molecule has 1 aliphatic heterocycles. The van der Waals surface area contributed by atoms with Crippen molar-refractivity contribution in [2.75, 3.05) is 0 Å². The zero-order valence-electron chi connectivity index (χ0n) is 10.3. The summed E-state index contributed by atoms with van der Waals surface area (Å²) in [5, 5.41) is 0.474. The van der Waals surface area contributed by atoms with Crippen LogP contribution in [-0.2, 0) is 6.18 Å². The van der Waals surface area contributed by atoms with Crippen LogP contribution in [0.1, 0.15) is 22.9 Å². The monoisotopic (exact) mass is 330 g/mol. The highest BCUT2D eigenvalue weighted by Gasteiger charge is 2.37. The second-order valence-electron chi connectivity index (χ2n) is 4.49. The van der Waals surface area contributed by atoms with E-state index in [9.17, 15) is 13.2 Å². The fourth-order valence-electron chi connectivity index (χ4n) is 1.98. The summed E-state index contributed by atoms with van der Waals surface area (Å²) in [5.41, 5.74) is 0.840. The Labute approximate surface area is 128 Å². The first-order chi connectivity index (χ1) is 9.88. The van der Waals surface area contributed by atoms with Crippen LogP contribution >= 0.6 is 23.2 Å². The van der Waals surface area contributed by atoms with Crippen molar-refractivity contribution in [1.82, 2.24) is 4.98 Å². The van der Waals surface area contributed by atoms with Crippen LogP contribution in [0.15, 0.2) is 41.5 Å². The molecule has 0 spiro atoms. The van der Waals surface area contributed by atoms with Crippen LogP contribution in [0.4, 0.5) is 13.2 Å². The zero-order chi connectivity index (χ0) is 15.2. The summed E-state index contributed by atoms with van der Waals surface area (Å²) >= 11 is 11.9. The standard InChI is InChI=1S/C14H7Cl2F3N2/c15-9-4-2-1-3-8(9)11-13(21-11)12-10(16)5-7(6-20-12)14(17,18)19/h1-6,13H/t13-/m1/s1. The lowest BCUT2D eigenvalue weighted by Gasteiger charge is -2.08. The number of aliphatic imine (C=N–C) groups is 1. The molecule has 0 saturated carbocycles. The Kier molecular flexibility index (Phi) is 3.42. The fraction of sp³-hybridized carbons (Fsp3) is 0.143. The average molecular weight is 331 g/mol. The number of aromatic nitrogens is 1. The Morgan fingerprint density at radius 3 is 2.38 bits per heavy atom. The van der Waals surface area contributed by atoms with Crippen LogP contribution in [0.3, 0.4) is 0 Å². The number of nitrogens with zero attached hydrogens (tertiary/aromatic N) is 2. The Bertz CT molecular complexity index is 741. The molecule has 7 heteroatoms. The predicted octanol–water partition coefficient (Wildman–Crippen LogP) is 4.95. The molecule has 1 aromatic heterocycles. The molecule has 0 aliphatic carbocycles. The maximum Gasteiger partial charge on any atom is 0.417 e. The second kappa shape index (κ2) is 5.00. The van der Waals surface area contributed by atoms with Crippen LogP contribution in [0.2, 0.25) is 10.0 Å². The molecule has 1 aliphatic rings. The molecule has 0 N–H and O–H groups in total. The van der Waals surface area contributed by atoms with Gasteiger partial charge in [-0.25, -0.2) is 0 Å². The van der Waals surface area contributed by atoms with E-state index < -0.39 is 17.8 Å². The third-order valence-corrected chi connectivity index (χ3v) is 3.70. The Morgan fingerprint density at radius 2 is 1.76 bits per heavy atom. The molecule has 1 aromatic carbocycles. The average Bonchev–Trinajstić information content (AvgIpc) is 3.18. The highest BCUT2D eigenvalue weighted by atomic mass is 35.5. The Balaban J connectivity index is 1.87. The molecule has 0 unspecified atom stereocenters. The first-order valence-electron chi connectivity index (χ1n) is 5.93. The SMILES string of the molecule is FC(F)(F)c1cnc([C@@H]2N=C2c2ccccc2Cl)c(Cl)c1. The van der Waals surface area contributed by atoms with E-state index in [0.717, 1.165) is 17.8 Å². The van der Waals surface area contributed by atoms with Gasteiger partial charge in [0.1, 0.15) is 6.04 Å². The summed E-state index contributed by atoms with van der Waals surface area (Å²) in [5.74, 6) is 0. The summed E-state index contributed by atoms with van der Waals surface area (Å²) in [7, 11) is 0. The second-order valence-corrected chi connectivity index (χ2v) is 5.30. The maximum atomic E-state index is 12.6. The number of halogens is 5. The van der Waals surface area contributed by atoms with Crippen molar-refractivity contribution < 1.29 is 13.2 Å². The topological polar surface area (TPSA) is 25.2 Å². The van der Waals surface area contributed by atoms with Gasteiger partial charge in [-0.1, -0.05) is 41.4 Å². The largest absolute Gasteiger partial charge is 0.417 e. The number of pyridine rings is 1. The molecule has 0 radical (unpaired) electrons. The van der Waals surface area contributed by atoms with Gasteiger partial charge in [0.25, 0.3) is 0 Å². The van der Waals surface area contributed by atoms with Crippen molar-refractivity contribution in [1.29, 1.82) is 0 Å². The molecule has 0 saturated heterocycles. The van der Waals surface area contributed by atoms with Gasteiger partial charge in [-0.15, -0.1) is 0 Å². The van der Waals surface area contributed by atoms with Gasteiger partial charge < -0.3 is 0 Å². The molecule has 3 rings (SSSR count). The van der Waals surface area contributed by atoms with Crippen LogP contribution < -0.4 is 0 Å². The first-order valence-corrected chi connectivity index (χ1v) is 6.69. The van der Waals surface area contributed by atoms with Gasteiger partial charge in [0, 0.05) is 16.8 Å². The van der Waals surface area contributed by atoms with Crippen LogP contribution in [0.5, 0.6) is 0 Å². The summed E-state index contributed by atoms with van der Waals surface area (Å²) < 4.78 is 37.7. The first kappa shape index (κ1) is 14.4. The lowest BCUT2D eigenvalue weighted by Crippen LogP contribution is -2.07. The highest BCUT2D eigenvalue weighted by Crippen LogP contribution is 2.40. The van der Waals surface area contributed by atoms with Crippen molar-refractivity contribution in [2.24, 2.45) is 4.99 Å². The van der Waals surface area contributed by atoms with E-state index in [1.165, 1.54) is 0 Å². The number of hydrogen-bond acceptors (Lipinski definition) is 2. The van der Waals surface area contributed by atoms with Crippen molar-refractivity contribution >= 4 is 28.9 Å². The molecule has 108 valence electrons. The van der Waals surface area contributed by atoms with Crippen LogP contribution in [0.25, 0.3) is 0 Å². The predicted molar refractivity (Wildman–Crippen MR) is 75.0 cm³/mol. The minimum Gasteiger partial charge on any atom is -0.270 e. The molecular weight excluding hydrogens is 324 g/mol. The van der Waals surface area contributed by atoms with E-state index in [0.29, 0.717) is 16.4 Å².